The van der Waals surface area contributed by atoms with Gasteiger partial charge in [-0.05, 0) is 31.3 Å². The van der Waals surface area contributed by atoms with E-state index < -0.39 is 0 Å². The summed E-state index contributed by atoms with van der Waals surface area (Å²) in [5, 5.41) is 2.62. The van der Waals surface area contributed by atoms with Crippen molar-refractivity contribution in [2.45, 2.75) is 31.0 Å². The van der Waals surface area contributed by atoms with Crippen molar-refractivity contribution in [2.75, 3.05) is 25.6 Å². The van der Waals surface area contributed by atoms with Gasteiger partial charge in [-0.15, -0.1) is 0 Å². The summed E-state index contributed by atoms with van der Waals surface area (Å²) in [5.41, 5.74) is 0.779. The molecule has 3 rings (SSSR count). The van der Waals surface area contributed by atoms with Gasteiger partial charge in [0.25, 0.3) is 0 Å². The van der Waals surface area contributed by atoms with Gasteiger partial charge < -0.3 is 14.8 Å². The van der Waals surface area contributed by atoms with E-state index in [2.05, 4.69) is 17.3 Å². The molecule has 2 fully saturated rings. The molecule has 0 spiro atoms. The van der Waals surface area contributed by atoms with Crippen LogP contribution in [-0.2, 0) is 9.53 Å². The van der Waals surface area contributed by atoms with Gasteiger partial charge in [-0.2, -0.15) is 0 Å². The molecule has 1 aromatic rings. The average molecular weight is 276 g/mol. The van der Waals surface area contributed by atoms with E-state index in [0.717, 1.165) is 37.5 Å². The Kier molecular flexibility index (Phi) is 3.89. The first-order valence-electron chi connectivity index (χ1n) is 7.03. The Balaban J connectivity index is 1.62. The summed E-state index contributed by atoms with van der Waals surface area (Å²) >= 11 is 0. The molecule has 20 heavy (non-hydrogen) atoms. The molecule has 5 nitrogen and oxygen atoms in total. The Morgan fingerprint density at radius 1 is 1.25 bits per heavy atom. The van der Waals surface area contributed by atoms with E-state index in [1.54, 1.807) is 0 Å². The summed E-state index contributed by atoms with van der Waals surface area (Å²) in [6, 6.07) is 8.42. The number of carbonyl (C=O) groups excluding carboxylic acids is 1. The number of hydrogen-bond donors (Lipinski definition) is 1. The van der Waals surface area contributed by atoms with Crippen LogP contribution in [0.4, 0.5) is 5.69 Å². The number of likely N-dealkylation sites (N-methyl/N-ethyl adjacent to an activating group) is 1. The predicted molar refractivity (Wildman–Crippen MR) is 75.9 cm³/mol. The molecule has 2 atom stereocenters. The first-order chi connectivity index (χ1) is 9.76. The van der Waals surface area contributed by atoms with Crippen LogP contribution in [0.2, 0.25) is 0 Å². The van der Waals surface area contributed by atoms with Crippen molar-refractivity contribution in [3.8, 4) is 5.75 Å². The molecular weight excluding hydrogens is 256 g/mol. The number of piperidine rings is 1. The fraction of sp³-hybridized carbons (Fsp3) is 0.533. The summed E-state index contributed by atoms with van der Waals surface area (Å²) in [6.45, 7) is 1.60. The predicted octanol–water partition coefficient (Wildman–Crippen LogP) is 1.50. The third-order valence-electron chi connectivity index (χ3n) is 4.23. The van der Waals surface area contributed by atoms with Crippen LogP contribution in [0.1, 0.15) is 12.8 Å². The molecule has 0 aliphatic carbocycles. The monoisotopic (exact) mass is 276 g/mol. The van der Waals surface area contributed by atoms with E-state index in [1.807, 2.05) is 24.3 Å². The summed E-state index contributed by atoms with van der Waals surface area (Å²) in [7, 11) is 2.17. The summed E-state index contributed by atoms with van der Waals surface area (Å²) in [5.74, 6) is 0.856. The molecule has 0 unspecified atom stereocenters. The smallest absolute Gasteiger partial charge is 0.211 e. The number of hydrogen-bond acceptors (Lipinski definition) is 4. The number of ether oxygens (including phenoxy) is 2. The van der Waals surface area contributed by atoms with Gasteiger partial charge in [0, 0.05) is 30.6 Å². The minimum Gasteiger partial charge on any atom is -0.490 e. The maximum Gasteiger partial charge on any atom is 0.211 e. The number of rotatable bonds is 4. The number of anilines is 1. The maximum absolute atomic E-state index is 10.4. The fourth-order valence-electron chi connectivity index (χ4n) is 3.03. The minimum atomic E-state index is 0.245. The number of amides is 1. The largest absolute Gasteiger partial charge is 0.490 e. The highest BCUT2D eigenvalue weighted by molar-refractivity contribution is 5.71. The SMILES string of the molecule is CN1[C@H]2COC[C@H]1CC(Oc1ccc(NC=O)cc1)C2. The standard InChI is InChI=1S/C15H20N2O3/c1-17-12-6-15(7-13(17)9-19-8-12)20-14-4-2-11(3-5-14)16-10-18/h2-5,10,12-13,15H,6-9H2,1H3,(H,16,18)/t12-,13-/m1/s1. The lowest BCUT2D eigenvalue weighted by atomic mass is 9.92. The lowest BCUT2D eigenvalue weighted by Crippen LogP contribution is -2.57. The Morgan fingerprint density at radius 2 is 1.90 bits per heavy atom. The Bertz CT molecular complexity index is 449. The highest BCUT2D eigenvalue weighted by atomic mass is 16.5. The van der Waals surface area contributed by atoms with Gasteiger partial charge in [-0.1, -0.05) is 0 Å². The average Bonchev–Trinajstić information content (AvgIpc) is 2.42. The van der Waals surface area contributed by atoms with Gasteiger partial charge in [-0.3, -0.25) is 9.69 Å². The van der Waals surface area contributed by atoms with Crippen LogP contribution in [0.15, 0.2) is 24.3 Å². The van der Waals surface area contributed by atoms with Crippen molar-refractivity contribution < 1.29 is 14.3 Å². The third kappa shape index (κ3) is 2.78. The minimum absolute atomic E-state index is 0.245. The van der Waals surface area contributed by atoms with E-state index in [4.69, 9.17) is 9.47 Å². The first kappa shape index (κ1) is 13.4. The Labute approximate surface area is 118 Å². The second-order valence-corrected chi connectivity index (χ2v) is 5.51. The quantitative estimate of drug-likeness (QED) is 0.847. The van der Waals surface area contributed by atoms with E-state index >= 15 is 0 Å². The number of fused-ring (bicyclic) bond motifs is 2. The number of nitrogens with zero attached hydrogens (tertiary/aromatic N) is 1. The van der Waals surface area contributed by atoms with Gasteiger partial charge in [0.05, 0.1) is 13.2 Å². The normalized spacial score (nSPS) is 29.8. The second kappa shape index (κ2) is 5.81. The number of morpholine rings is 1. The molecule has 2 heterocycles. The highest BCUT2D eigenvalue weighted by Crippen LogP contribution is 2.29. The fourth-order valence-corrected chi connectivity index (χ4v) is 3.03. The van der Waals surface area contributed by atoms with Gasteiger partial charge in [0.1, 0.15) is 11.9 Å². The van der Waals surface area contributed by atoms with Gasteiger partial charge in [-0.25, -0.2) is 0 Å². The van der Waals surface area contributed by atoms with Gasteiger partial charge in [0.15, 0.2) is 0 Å². The summed E-state index contributed by atoms with van der Waals surface area (Å²) < 4.78 is 11.7. The molecule has 0 radical (unpaired) electrons. The van der Waals surface area contributed by atoms with Crippen LogP contribution in [-0.4, -0.2) is 49.8 Å². The zero-order valence-electron chi connectivity index (χ0n) is 11.6. The number of carbonyl (C=O) groups is 1. The van der Waals surface area contributed by atoms with Crippen LogP contribution in [0, 0.1) is 0 Å². The van der Waals surface area contributed by atoms with Crippen molar-refractivity contribution in [1.29, 1.82) is 0 Å². The number of benzene rings is 1. The molecular formula is C15H20N2O3. The topological polar surface area (TPSA) is 50.8 Å². The zero-order chi connectivity index (χ0) is 13.9. The summed E-state index contributed by atoms with van der Waals surface area (Å²) in [4.78, 5) is 12.8. The van der Waals surface area contributed by atoms with Crippen molar-refractivity contribution in [3.63, 3.8) is 0 Å². The van der Waals surface area contributed by atoms with Crippen LogP contribution in [0.25, 0.3) is 0 Å². The highest BCUT2D eigenvalue weighted by Gasteiger charge is 2.37. The molecule has 2 saturated heterocycles. The molecule has 2 aliphatic heterocycles. The van der Waals surface area contributed by atoms with Gasteiger partial charge >= 0.3 is 0 Å². The van der Waals surface area contributed by atoms with E-state index in [0.29, 0.717) is 18.5 Å². The molecule has 108 valence electrons. The van der Waals surface area contributed by atoms with Gasteiger partial charge in [0.2, 0.25) is 6.41 Å². The Hall–Kier alpha value is -1.59. The molecule has 5 heteroatoms. The van der Waals surface area contributed by atoms with Crippen LogP contribution in [0.3, 0.4) is 0 Å². The molecule has 0 aromatic heterocycles. The first-order valence-corrected chi connectivity index (χ1v) is 7.03. The van der Waals surface area contributed by atoms with E-state index in [-0.39, 0.29) is 6.10 Å². The second-order valence-electron chi connectivity index (χ2n) is 5.51. The van der Waals surface area contributed by atoms with E-state index in [1.165, 1.54) is 0 Å². The lowest BCUT2D eigenvalue weighted by molar-refractivity contribution is -0.105. The van der Waals surface area contributed by atoms with Crippen LogP contribution >= 0.6 is 0 Å². The van der Waals surface area contributed by atoms with Crippen molar-refractivity contribution in [1.82, 2.24) is 4.90 Å². The molecule has 2 bridgehead atoms. The number of nitrogens with one attached hydrogen (secondary N) is 1. The van der Waals surface area contributed by atoms with Crippen molar-refractivity contribution >= 4 is 12.1 Å². The lowest BCUT2D eigenvalue weighted by Gasteiger charge is -2.46. The van der Waals surface area contributed by atoms with Crippen molar-refractivity contribution in [3.05, 3.63) is 24.3 Å². The van der Waals surface area contributed by atoms with Crippen LogP contribution < -0.4 is 10.1 Å². The van der Waals surface area contributed by atoms with Crippen LogP contribution in [0.5, 0.6) is 5.75 Å². The Morgan fingerprint density at radius 3 is 2.50 bits per heavy atom. The molecule has 1 amide bonds. The third-order valence-corrected chi connectivity index (χ3v) is 4.23. The maximum atomic E-state index is 10.4. The van der Waals surface area contributed by atoms with E-state index in [9.17, 15) is 4.79 Å². The van der Waals surface area contributed by atoms with Crippen molar-refractivity contribution in [2.24, 2.45) is 0 Å². The molecule has 1 aromatic carbocycles. The summed E-state index contributed by atoms with van der Waals surface area (Å²) in [6.07, 6.45) is 2.92. The molecule has 2 aliphatic rings. The molecule has 0 saturated carbocycles. The zero-order valence-corrected chi connectivity index (χ0v) is 11.6. The molecule has 1 N–H and O–H groups in total.